The van der Waals surface area contributed by atoms with Crippen LogP contribution in [-0.4, -0.2) is 11.1 Å². The van der Waals surface area contributed by atoms with Gasteiger partial charge in [0.2, 0.25) is 0 Å². The van der Waals surface area contributed by atoms with Crippen molar-refractivity contribution in [2.24, 2.45) is 0 Å². The highest BCUT2D eigenvalue weighted by atomic mass is 19.1. The van der Waals surface area contributed by atoms with Crippen molar-refractivity contribution in [3.05, 3.63) is 65.5 Å². The molecule has 0 fully saturated rings. The third kappa shape index (κ3) is 3.31. The average molecular weight is 259 g/mol. The molecular weight excluding hydrogens is 245 g/mol. The first-order valence-corrected chi connectivity index (χ1v) is 5.88. The van der Waals surface area contributed by atoms with E-state index >= 15 is 0 Å². The van der Waals surface area contributed by atoms with Gasteiger partial charge >= 0.3 is 5.97 Å². The fraction of sp³-hybridized carbons (Fsp3) is 0.133. The second kappa shape index (κ2) is 5.52. The quantitative estimate of drug-likeness (QED) is 0.885. The second-order valence-electron chi connectivity index (χ2n) is 4.33. The number of aryl methyl sites for hydroxylation is 1. The first kappa shape index (κ1) is 13.1. The van der Waals surface area contributed by atoms with Crippen LogP contribution >= 0.6 is 0 Å². The number of hydrogen-bond donors (Lipinski definition) is 2. The van der Waals surface area contributed by atoms with Gasteiger partial charge in [0.1, 0.15) is 5.82 Å². The number of hydrogen-bond acceptors (Lipinski definition) is 2. The minimum Gasteiger partial charge on any atom is -0.479 e. The minimum atomic E-state index is -0.979. The van der Waals surface area contributed by atoms with Gasteiger partial charge in [0, 0.05) is 5.69 Å². The lowest BCUT2D eigenvalue weighted by Crippen LogP contribution is -2.20. The van der Waals surface area contributed by atoms with Gasteiger partial charge in [-0.15, -0.1) is 0 Å². The van der Waals surface area contributed by atoms with Gasteiger partial charge in [0.05, 0.1) is 0 Å². The molecule has 2 N–H and O–H groups in total. The molecule has 0 aliphatic rings. The van der Waals surface area contributed by atoms with E-state index in [1.807, 2.05) is 19.1 Å². The number of halogens is 1. The number of aliphatic carboxylic acids is 1. The largest absolute Gasteiger partial charge is 0.479 e. The average Bonchev–Trinajstić information content (AvgIpc) is 2.39. The molecule has 0 saturated heterocycles. The van der Waals surface area contributed by atoms with Crippen LogP contribution in [0.25, 0.3) is 0 Å². The molecule has 4 heteroatoms. The monoisotopic (exact) mass is 259 g/mol. The molecule has 0 aromatic heterocycles. The van der Waals surface area contributed by atoms with E-state index in [1.54, 1.807) is 12.1 Å². The highest BCUT2D eigenvalue weighted by Gasteiger charge is 2.19. The van der Waals surface area contributed by atoms with Crippen LogP contribution in [0.4, 0.5) is 10.1 Å². The Balaban J connectivity index is 2.23. The highest BCUT2D eigenvalue weighted by molar-refractivity contribution is 5.79. The van der Waals surface area contributed by atoms with Crippen LogP contribution in [-0.2, 0) is 4.79 Å². The molecule has 0 aliphatic carbocycles. The van der Waals surface area contributed by atoms with Crippen LogP contribution in [0, 0.1) is 12.7 Å². The smallest absolute Gasteiger partial charge is 0.330 e. The molecule has 0 amide bonds. The molecule has 98 valence electrons. The number of carboxylic acid groups (broad SMARTS) is 1. The molecule has 0 unspecified atom stereocenters. The van der Waals surface area contributed by atoms with Gasteiger partial charge in [0.15, 0.2) is 6.04 Å². The van der Waals surface area contributed by atoms with Gasteiger partial charge in [-0.1, -0.05) is 29.8 Å². The number of carboxylic acids is 1. The summed E-state index contributed by atoms with van der Waals surface area (Å²) in [6.07, 6.45) is 0. The Morgan fingerprint density at radius 1 is 1.11 bits per heavy atom. The van der Waals surface area contributed by atoms with Crippen molar-refractivity contribution in [1.82, 2.24) is 0 Å². The maximum absolute atomic E-state index is 12.8. The Morgan fingerprint density at radius 3 is 2.21 bits per heavy atom. The van der Waals surface area contributed by atoms with E-state index in [-0.39, 0.29) is 5.82 Å². The second-order valence-corrected chi connectivity index (χ2v) is 4.33. The summed E-state index contributed by atoms with van der Waals surface area (Å²) in [5.74, 6) is -1.33. The molecule has 19 heavy (non-hydrogen) atoms. The van der Waals surface area contributed by atoms with Crippen LogP contribution in [0.15, 0.2) is 48.5 Å². The molecule has 0 bridgehead atoms. The van der Waals surface area contributed by atoms with Crippen LogP contribution in [0.3, 0.4) is 0 Å². The first-order valence-electron chi connectivity index (χ1n) is 5.88. The van der Waals surface area contributed by atoms with Gasteiger partial charge < -0.3 is 10.4 Å². The molecule has 0 spiro atoms. The van der Waals surface area contributed by atoms with Crippen molar-refractivity contribution in [3.63, 3.8) is 0 Å². The maximum Gasteiger partial charge on any atom is 0.330 e. The maximum atomic E-state index is 12.8. The summed E-state index contributed by atoms with van der Waals surface area (Å²) in [7, 11) is 0. The van der Waals surface area contributed by atoms with E-state index < -0.39 is 12.0 Å². The van der Waals surface area contributed by atoms with Crippen molar-refractivity contribution in [1.29, 1.82) is 0 Å². The molecule has 2 aromatic carbocycles. The fourth-order valence-electron chi connectivity index (χ4n) is 1.76. The fourth-order valence-corrected chi connectivity index (χ4v) is 1.76. The lowest BCUT2D eigenvalue weighted by Gasteiger charge is -2.16. The van der Waals surface area contributed by atoms with Crippen molar-refractivity contribution in [2.45, 2.75) is 13.0 Å². The van der Waals surface area contributed by atoms with Crippen LogP contribution in [0.1, 0.15) is 17.2 Å². The van der Waals surface area contributed by atoms with Crippen LogP contribution in [0.2, 0.25) is 0 Å². The van der Waals surface area contributed by atoms with Crippen molar-refractivity contribution < 1.29 is 14.3 Å². The van der Waals surface area contributed by atoms with Gasteiger partial charge in [-0.3, -0.25) is 0 Å². The standard InChI is InChI=1S/C15H14FNO2/c1-10-2-4-11(5-3-10)14(15(18)19)17-13-8-6-12(16)7-9-13/h2-9,14,17H,1H3,(H,18,19)/t14-/m1/s1. The number of carbonyl (C=O) groups is 1. The molecule has 1 atom stereocenters. The van der Waals surface area contributed by atoms with E-state index in [0.29, 0.717) is 11.3 Å². The molecule has 2 rings (SSSR count). The number of nitrogens with one attached hydrogen (secondary N) is 1. The van der Waals surface area contributed by atoms with Crippen molar-refractivity contribution >= 4 is 11.7 Å². The molecule has 3 nitrogen and oxygen atoms in total. The summed E-state index contributed by atoms with van der Waals surface area (Å²) < 4.78 is 12.8. The van der Waals surface area contributed by atoms with Crippen LogP contribution in [0.5, 0.6) is 0 Å². The summed E-state index contributed by atoms with van der Waals surface area (Å²) in [5.41, 5.74) is 2.28. The van der Waals surface area contributed by atoms with Gasteiger partial charge in [-0.25, -0.2) is 9.18 Å². The Kier molecular flexibility index (Phi) is 3.80. The SMILES string of the molecule is Cc1ccc([C@@H](Nc2ccc(F)cc2)C(=O)O)cc1. The Hall–Kier alpha value is -2.36. The zero-order chi connectivity index (χ0) is 13.8. The summed E-state index contributed by atoms with van der Waals surface area (Å²) in [5, 5.41) is 12.2. The molecule has 0 aliphatic heterocycles. The normalized spacial score (nSPS) is 11.9. The Bertz CT molecular complexity index is 564. The number of rotatable bonds is 4. The predicted molar refractivity (Wildman–Crippen MR) is 71.6 cm³/mol. The Labute approximate surface area is 110 Å². The third-order valence-electron chi connectivity index (χ3n) is 2.81. The van der Waals surface area contributed by atoms with Gasteiger partial charge in [0.25, 0.3) is 0 Å². The molecule has 2 aromatic rings. The summed E-state index contributed by atoms with van der Waals surface area (Å²) in [6, 6.07) is 12.0. The Morgan fingerprint density at radius 2 is 1.68 bits per heavy atom. The van der Waals surface area contributed by atoms with E-state index in [4.69, 9.17) is 0 Å². The van der Waals surface area contributed by atoms with Crippen LogP contribution < -0.4 is 5.32 Å². The first-order chi connectivity index (χ1) is 9.06. The summed E-state index contributed by atoms with van der Waals surface area (Å²) in [6.45, 7) is 1.94. The van der Waals surface area contributed by atoms with E-state index in [9.17, 15) is 14.3 Å². The molecular formula is C15H14FNO2. The topological polar surface area (TPSA) is 49.3 Å². The van der Waals surface area contributed by atoms with Gasteiger partial charge in [-0.2, -0.15) is 0 Å². The zero-order valence-corrected chi connectivity index (χ0v) is 10.4. The lowest BCUT2D eigenvalue weighted by molar-refractivity contribution is -0.138. The van der Waals surface area contributed by atoms with E-state index in [2.05, 4.69) is 5.32 Å². The molecule has 0 heterocycles. The third-order valence-corrected chi connectivity index (χ3v) is 2.81. The van der Waals surface area contributed by atoms with E-state index in [0.717, 1.165) is 5.56 Å². The number of anilines is 1. The van der Waals surface area contributed by atoms with Crippen molar-refractivity contribution in [2.75, 3.05) is 5.32 Å². The predicted octanol–water partition coefficient (Wildman–Crippen LogP) is 3.37. The summed E-state index contributed by atoms with van der Waals surface area (Å²) >= 11 is 0. The summed E-state index contributed by atoms with van der Waals surface area (Å²) in [4.78, 5) is 11.3. The van der Waals surface area contributed by atoms with E-state index in [1.165, 1.54) is 24.3 Å². The molecule has 0 radical (unpaired) electrons. The highest BCUT2D eigenvalue weighted by Crippen LogP contribution is 2.20. The molecule has 0 saturated carbocycles. The number of benzene rings is 2. The minimum absolute atomic E-state index is 0.354. The lowest BCUT2D eigenvalue weighted by atomic mass is 10.0. The van der Waals surface area contributed by atoms with Crippen molar-refractivity contribution in [3.8, 4) is 0 Å². The zero-order valence-electron chi connectivity index (χ0n) is 10.4. The van der Waals surface area contributed by atoms with Gasteiger partial charge in [-0.05, 0) is 36.8 Å².